The Labute approximate surface area is 92.9 Å². The van der Waals surface area contributed by atoms with E-state index in [1.807, 2.05) is 17.5 Å². The minimum absolute atomic E-state index is 0.178. The minimum atomic E-state index is -0.697. The number of hydrogen-bond donors (Lipinski definition) is 2. The molecule has 0 spiro atoms. The summed E-state index contributed by atoms with van der Waals surface area (Å²) in [5.41, 5.74) is 5.16. The summed E-state index contributed by atoms with van der Waals surface area (Å²) in [5.74, 6) is -0.697. The van der Waals surface area contributed by atoms with Crippen molar-refractivity contribution in [3.63, 3.8) is 0 Å². The number of rotatable bonds is 2. The summed E-state index contributed by atoms with van der Waals surface area (Å²) in [5, 5.41) is 11.4. The Hall–Kier alpha value is -0.870. The van der Waals surface area contributed by atoms with E-state index in [2.05, 4.69) is 0 Å². The number of carboxylic acids is 1. The fraction of sp³-hybridized carbons (Fsp3) is 0.545. The van der Waals surface area contributed by atoms with Crippen LogP contribution in [0.25, 0.3) is 0 Å². The first-order valence-electron chi connectivity index (χ1n) is 5.18. The normalized spacial score (nSPS) is 31.4. The second-order valence-corrected chi connectivity index (χ2v) is 5.15. The molecule has 0 amide bonds. The fourth-order valence-electron chi connectivity index (χ4n) is 2.25. The first kappa shape index (κ1) is 10.6. The van der Waals surface area contributed by atoms with Gasteiger partial charge in [0.1, 0.15) is 5.41 Å². The highest BCUT2D eigenvalue weighted by Gasteiger charge is 2.43. The van der Waals surface area contributed by atoms with Gasteiger partial charge in [-0.3, -0.25) is 4.79 Å². The van der Waals surface area contributed by atoms with Crippen LogP contribution in [0.2, 0.25) is 0 Å². The highest BCUT2D eigenvalue weighted by atomic mass is 32.1. The van der Waals surface area contributed by atoms with Gasteiger partial charge >= 0.3 is 5.97 Å². The van der Waals surface area contributed by atoms with Gasteiger partial charge in [0.15, 0.2) is 0 Å². The molecule has 0 atom stereocenters. The maximum Gasteiger partial charge on any atom is 0.314 e. The summed E-state index contributed by atoms with van der Waals surface area (Å²) in [4.78, 5) is 12.4. The number of nitrogens with two attached hydrogens (primary N) is 1. The van der Waals surface area contributed by atoms with E-state index < -0.39 is 11.4 Å². The van der Waals surface area contributed by atoms with Gasteiger partial charge in [0.25, 0.3) is 0 Å². The quantitative estimate of drug-likeness (QED) is 0.809. The SMILES string of the molecule is NC1CCC(C(=O)O)(c2cccs2)CC1. The second kappa shape index (κ2) is 3.94. The van der Waals surface area contributed by atoms with Crippen LogP contribution < -0.4 is 5.73 Å². The summed E-state index contributed by atoms with van der Waals surface area (Å²) >= 11 is 1.54. The molecule has 2 rings (SSSR count). The van der Waals surface area contributed by atoms with E-state index in [9.17, 15) is 9.90 Å². The average molecular weight is 225 g/mol. The predicted octanol–water partition coefficient (Wildman–Crippen LogP) is 1.97. The molecule has 1 heterocycles. The lowest BCUT2D eigenvalue weighted by Crippen LogP contribution is -2.42. The van der Waals surface area contributed by atoms with Crippen LogP contribution in [0, 0.1) is 0 Å². The van der Waals surface area contributed by atoms with Crippen molar-refractivity contribution in [2.75, 3.05) is 0 Å². The van der Waals surface area contributed by atoms with Crippen LogP contribution in [0.1, 0.15) is 30.6 Å². The summed E-state index contributed by atoms with van der Waals surface area (Å²) < 4.78 is 0. The third-order valence-corrected chi connectivity index (χ3v) is 4.36. The van der Waals surface area contributed by atoms with Crippen LogP contribution >= 0.6 is 11.3 Å². The molecule has 0 aromatic carbocycles. The molecular weight excluding hydrogens is 210 g/mol. The third-order valence-electron chi connectivity index (χ3n) is 3.29. The Balaban J connectivity index is 2.30. The van der Waals surface area contributed by atoms with Gasteiger partial charge in [0, 0.05) is 10.9 Å². The topological polar surface area (TPSA) is 63.3 Å². The van der Waals surface area contributed by atoms with Crippen molar-refractivity contribution in [3.8, 4) is 0 Å². The highest BCUT2D eigenvalue weighted by Crippen LogP contribution is 2.41. The van der Waals surface area contributed by atoms with Crippen LogP contribution in [0.5, 0.6) is 0 Å². The van der Waals surface area contributed by atoms with Crippen LogP contribution in [0.3, 0.4) is 0 Å². The molecule has 0 unspecified atom stereocenters. The van der Waals surface area contributed by atoms with Crippen molar-refractivity contribution in [2.45, 2.75) is 37.1 Å². The molecule has 0 bridgehead atoms. The zero-order valence-corrected chi connectivity index (χ0v) is 9.30. The smallest absolute Gasteiger partial charge is 0.314 e. The molecule has 1 aromatic rings. The first-order valence-corrected chi connectivity index (χ1v) is 6.06. The lowest BCUT2D eigenvalue weighted by molar-refractivity contribution is -0.145. The zero-order chi connectivity index (χ0) is 10.9. The van der Waals surface area contributed by atoms with Crippen molar-refractivity contribution in [3.05, 3.63) is 22.4 Å². The monoisotopic (exact) mass is 225 g/mol. The number of hydrogen-bond acceptors (Lipinski definition) is 3. The zero-order valence-electron chi connectivity index (χ0n) is 8.48. The summed E-state index contributed by atoms with van der Waals surface area (Å²) in [6, 6.07) is 4.02. The van der Waals surface area contributed by atoms with E-state index in [0.29, 0.717) is 12.8 Å². The molecule has 0 radical (unpaired) electrons. The van der Waals surface area contributed by atoms with Gasteiger partial charge in [-0.25, -0.2) is 0 Å². The number of thiophene rings is 1. The van der Waals surface area contributed by atoms with Crippen molar-refractivity contribution in [1.29, 1.82) is 0 Å². The Morgan fingerprint density at radius 3 is 2.67 bits per heavy atom. The Bertz CT molecular complexity index is 339. The van der Waals surface area contributed by atoms with Crippen LogP contribution in [0.4, 0.5) is 0 Å². The third kappa shape index (κ3) is 1.79. The Morgan fingerprint density at radius 1 is 1.53 bits per heavy atom. The molecule has 1 aromatic heterocycles. The number of carbonyl (C=O) groups is 1. The molecule has 15 heavy (non-hydrogen) atoms. The Morgan fingerprint density at radius 2 is 2.20 bits per heavy atom. The van der Waals surface area contributed by atoms with E-state index in [0.717, 1.165) is 17.7 Å². The predicted molar refractivity (Wildman–Crippen MR) is 60.1 cm³/mol. The van der Waals surface area contributed by atoms with Gasteiger partial charge in [0.2, 0.25) is 0 Å². The van der Waals surface area contributed by atoms with Gasteiger partial charge in [-0.1, -0.05) is 6.07 Å². The van der Waals surface area contributed by atoms with Crippen LogP contribution in [0.15, 0.2) is 17.5 Å². The van der Waals surface area contributed by atoms with Gasteiger partial charge in [-0.2, -0.15) is 0 Å². The molecule has 1 aliphatic rings. The molecule has 0 aliphatic heterocycles. The standard InChI is InChI=1S/C11H15NO2S/c12-8-3-5-11(6-4-8,10(13)14)9-2-1-7-15-9/h1-2,7-8H,3-6,12H2,(H,13,14). The van der Waals surface area contributed by atoms with E-state index in [-0.39, 0.29) is 6.04 Å². The van der Waals surface area contributed by atoms with E-state index in [1.54, 1.807) is 0 Å². The van der Waals surface area contributed by atoms with Crippen molar-refractivity contribution in [2.24, 2.45) is 5.73 Å². The number of aliphatic carboxylic acids is 1. The maximum atomic E-state index is 11.4. The van der Waals surface area contributed by atoms with Gasteiger partial charge in [-0.05, 0) is 37.1 Å². The molecule has 1 saturated carbocycles. The lowest BCUT2D eigenvalue weighted by Gasteiger charge is -2.34. The van der Waals surface area contributed by atoms with Gasteiger partial charge < -0.3 is 10.8 Å². The van der Waals surface area contributed by atoms with E-state index >= 15 is 0 Å². The summed E-state index contributed by atoms with van der Waals surface area (Å²) in [6.45, 7) is 0. The molecule has 1 fully saturated rings. The van der Waals surface area contributed by atoms with Crippen molar-refractivity contribution >= 4 is 17.3 Å². The molecule has 82 valence electrons. The highest BCUT2D eigenvalue weighted by molar-refractivity contribution is 7.10. The minimum Gasteiger partial charge on any atom is -0.481 e. The molecular formula is C11H15NO2S. The van der Waals surface area contributed by atoms with Crippen LogP contribution in [-0.2, 0) is 10.2 Å². The molecule has 4 heteroatoms. The van der Waals surface area contributed by atoms with Gasteiger partial charge in [-0.15, -0.1) is 11.3 Å². The summed E-state index contributed by atoms with van der Waals surface area (Å²) in [7, 11) is 0. The van der Waals surface area contributed by atoms with E-state index in [4.69, 9.17) is 5.73 Å². The van der Waals surface area contributed by atoms with Gasteiger partial charge in [0.05, 0.1) is 0 Å². The summed E-state index contributed by atoms with van der Waals surface area (Å²) in [6.07, 6.45) is 2.96. The molecule has 3 nitrogen and oxygen atoms in total. The fourth-order valence-corrected chi connectivity index (χ4v) is 3.23. The van der Waals surface area contributed by atoms with Crippen molar-refractivity contribution in [1.82, 2.24) is 0 Å². The molecule has 1 aliphatic carbocycles. The Kier molecular flexibility index (Phi) is 2.80. The molecule has 3 N–H and O–H groups in total. The van der Waals surface area contributed by atoms with Crippen molar-refractivity contribution < 1.29 is 9.90 Å². The first-order chi connectivity index (χ1) is 7.15. The van der Waals surface area contributed by atoms with E-state index in [1.165, 1.54) is 11.3 Å². The molecule has 0 saturated heterocycles. The average Bonchev–Trinajstić information content (AvgIpc) is 2.72. The number of carboxylic acid groups (broad SMARTS) is 1. The van der Waals surface area contributed by atoms with Crippen LogP contribution in [-0.4, -0.2) is 17.1 Å². The lowest BCUT2D eigenvalue weighted by atomic mass is 9.71. The largest absolute Gasteiger partial charge is 0.481 e. The second-order valence-electron chi connectivity index (χ2n) is 4.20. The maximum absolute atomic E-state index is 11.4.